The summed E-state index contributed by atoms with van der Waals surface area (Å²) in [5.74, 6) is 0.881. The number of ether oxygens (including phenoxy) is 1. The molecule has 1 rings (SSSR count). The van der Waals surface area contributed by atoms with Crippen LogP contribution in [0.1, 0.15) is 26.7 Å². The second kappa shape index (κ2) is 7.01. The van der Waals surface area contributed by atoms with Crippen molar-refractivity contribution in [2.75, 3.05) is 30.9 Å². The second-order valence-electron chi connectivity index (χ2n) is 3.80. The van der Waals surface area contributed by atoms with Crippen LogP contribution in [0.5, 0.6) is 0 Å². The summed E-state index contributed by atoms with van der Waals surface area (Å²) in [5.41, 5.74) is 5.59. The molecule has 6 nitrogen and oxygen atoms in total. The van der Waals surface area contributed by atoms with E-state index < -0.39 is 0 Å². The average Bonchev–Trinajstić information content (AvgIpc) is 2.34. The maximum atomic E-state index is 5.59. The first kappa shape index (κ1) is 13.6. The van der Waals surface area contributed by atoms with Crippen LogP contribution in [0.2, 0.25) is 0 Å². The number of rotatable bonds is 7. The number of hydrogen-bond donors (Lipinski definition) is 1. The highest BCUT2D eigenvalue weighted by Gasteiger charge is 2.18. The third kappa shape index (κ3) is 3.81. The van der Waals surface area contributed by atoms with Gasteiger partial charge in [0.15, 0.2) is 0 Å². The van der Waals surface area contributed by atoms with Gasteiger partial charge in [-0.15, -0.1) is 0 Å². The van der Waals surface area contributed by atoms with Crippen molar-refractivity contribution in [3.63, 3.8) is 0 Å². The Bertz CT molecular complexity index is 329. The molecule has 0 fully saturated rings. The van der Waals surface area contributed by atoms with Crippen LogP contribution in [0.4, 0.5) is 11.9 Å². The molecular formula is C11H21N5O. The minimum absolute atomic E-state index is 0.253. The topological polar surface area (TPSA) is 77.2 Å². The number of hydrogen-bond acceptors (Lipinski definition) is 6. The molecule has 1 aromatic rings. The van der Waals surface area contributed by atoms with Crippen molar-refractivity contribution in [3.05, 3.63) is 6.33 Å². The zero-order valence-corrected chi connectivity index (χ0v) is 10.8. The molecule has 6 heteroatoms. The van der Waals surface area contributed by atoms with Crippen molar-refractivity contribution in [2.24, 2.45) is 0 Å². The Morgan fingerprint density at radius 3 is 2.59 bits per heavy atom. The number of nitrogen functional groups attached to an aromatic ring is 1. The van der Waals surface area contributed by atoms with Crippen LogP contribution in [-0.2, 0) is 4.74 Å². The van der Waals surface area contributed by atoms with Crippen LogP contribution in [0.25, 0.3) is 0 Å². The molecular weight excluding hydrogens is 218 g/mol. The Balaban J connectivity index is 2.88. The van der Waals surface area contributed by atoms with E-state index in [0.29, 0.717) is 18.6 Å². The molecule has 0 aliphatic rings. The van der Waals surface area contributed by atoms with Crippen molar-refractivity contribution >= 4 is 11.9 Å². The maximum absolute atomic E-state index is 5.59. The smallest absolute Gasteiger partial charge is 0.230 e. The van der Waals surface area contributed by atoms with Gasteiger partial charge in [0, 0.05) is 19.7 Å². The fraction of sp³-hybridized carbons (Fsp3) is 0.727. The van der Waals surface area contributed by atoms with Crippen LogP contribution < -0.4 is 10.6 Å². The van der Waals surface area contributed by atoms with E-state index >= 15 is 0 Å². The second-order valence-corrected chi connectivity index (χ2v) is 3.80. The quantitative estimate of drug-likeness (QED) is 0.767. The molecule has 0 spiro atoms. The van der Waals surface area contributed by atoms with Gasteiger partial charge in [0.1, 0.15) is 6.33 Å². The molecule has 2 N–H and O–H groups in total. The lowest BCUT2D eigenvalue weighted by Crippen LogP contribution is -2.38. The van der Waals surface area contributed by atoms with E-state index in [9.17, 15) is 0 Å². The minimum atomic E-state index is 0.253. The standard InChI is InChI=1S/C11H21N5O/c1-4-9(5-2)16(6-7-17-3)11-14-8-13-10(12)15-11/h8-9H,4-7H2,1-3H3,(H2,12,13,14,15). The molecule has 1 heterocycles. The minimum Gasteiger partial charge on any atom is -0.383 e. The number of nitrogens with zero attached hydrogens (tertiary/aromatic N) is 4. The molecule has 17 heavy (non-hydrogen) atoms. The van der Waals surface area contributed by atoms with Crippen LogP contribution in [-0.4, -0.2) is 41.3 Å². The third-order valence-corrected chi connectivity index (χ3v) is 2.75. The van der Waals surface area contributed by atoms with Crippen molar-refractivity contribution in [3.8, 4) is 0 Å². The van der Waals surface area contributed by atoms with Gasteiger partial charge in [-0.25, -0.2) is 9.97 Å². The van der Waals surface area contributed by atoms with Gasteiger partial charge in [-0.3, -0.25) is 0 Å². The lowest BCUT2D eigenvalue weighted by Gasteiger charge is -2.30. The molecule has 1 aromatic heterocycles. The first-order valence-corrected chi connectivity index (χ1v) is 5.93. The van der Waals surface area contributed by atoms with Gasteiger partial charge in [-0.2, -0.15) is 4.98 Å². The summed E-state index contributed by atoms with van der Waals surface area (Å²) in [6.07, 6.45) is 3.51. The van der Waals surface area contributed by atoms with Gasteiger partial charge in [0.05, 0.1) is 6.61 Å². The highest BCUT2D eigenvalue weighted by molar-refractivity contribution is 5.34. The third-order valence-electron chi connectivity index (χ3n) is 2.75. The number of aromatic nitrogens is 3. The first-order valence-electron chi connectivity index (χ1n) is 5.93. The van der Waals surface area contributed by atoms with E-state index in [4.69, 9.17) is 10.5 Å². The Kier molecular flexibility index (Phi) is 5.62. The summed E-state index contributed by atoms with van der Waals surface area (Å²) < 4.78 is 5.12. The first-order chi connectivity index (χ1) is 8.22. The van der Waals surface area contributed by atoms with Gasteiger partial charge in [-0.05, 0) is 12.8 Å². The van der Waals surface area contributed by atoms with Crippen molar-refractivity contribution in [1.82, 2.24) is 15.0 Å². The Morgan fingerprint density at radius 2 is 2.06 bits per heavy atom. The fourth-order valence-electron chi connectivity index (χ4n) is 1.80. The molecule has 96 valence electrons. The average molecular weight is 239 g/mol. The Hall–Kier alpha value is -1.43. The molecule has 0 amide bonds. The Labute approximate surface area is 102 Å². The SMILES string of the molecule is CCC(CC)N(CCOC)c1ncnc(N)n1. The van der Waals surface area contributed by atoms with Gasteiger partial charge in [-0.1, -0.05) is 13.8 Å². The van der Waals surface area contributed by atoms with Crippen LogP contribution in [0.3, 0.4) is 0 Å². The lowest BCUT2D eigenvalue weighted by atomic mass is 10.1. The fourth-order valence-corrected chi connectivity index (χ4v) is 1.80. The summed E-state index contributed by atoms with van der Waals surface area (Å²) >= 11 is 0. The summed E-state index contributed by atoms with van der Waals surface area (Å²) in [6.45, 7) is 5.70. The van der Waals surface area contributed by atoms with E-state index in [1.165, 1.54) is 6.33 Å². The Morgan fingerprint density at radius 1 is 1.35 bits per heavy atom. The van der Waals surface area contributed by atoms with E-state index in [-0.39, 0.29) is 5.95 Å². The van der Waals surface area contributed by atoms with Gasteiger partial charge >= 0.3 is 0 Å². The zero-order valence-electron chi connectivity index (χ0n) is 10.8. The van der Waals surface area contributed by atoms with E-state index in [0.717, 1.165) is 19.4 Å². The molecule has 0 saturated carbocycles. The predicted octanol–water partition coefficient (Wildman–Crippen LogP) is 1.10. The number of methoxy groups -OCH3 is 1. The van der Waals surface area contributed by atoms with Crippen LogP contribution in [0.15, 0.2) is 6.33 Å². The maximum Gasteiger partial charge on any atom is 0.230 e. The van der Waals surface area contributed by atoms with Crippen molar-refractivity contribution in [1.29, 1.82) is 0 Å². The van der Waals surface area contributed by atoms with Gasteiger partial charge < -0.3 is 15.4 Å². The van der Waals surface area contributed by atoms with Crippen LogP contribution in [0, 0.1) is 0 Å². The molecule has 0 radical (unpaired) electrons. The number of nitrogens with two attached hydrogens (primary N) is 1. The van der Waals surface area contributed by atoms with E-state index in [1.54, 1.807) is 7.11 Å². The summed E-state index contributed by atoms with van der Waals surface area (Å²) in [5, 5.41) is 0. The van der Waals surface area contributed by atoms with E-state index in [1.807, 2.05) is 0 Å². The molecule has 0 atom stereocenters. The van der Waals surface area contributed by atoms with Crippen molar-refractivity contribution < 1.29 is 4.74 Å². The summed E-state index contributed by atoms with van der Waals surface area (Å²) in [4.78, 5) is 14.3. The molecule has 0 aliphatic carbocycles. The van der Waals surface area contributed by atoms with Crippen molar-refractivity contribution in [2.45, 2.75) is 32.7 Å². The predicted molar refractivity (Wildman–Crippen MR) is 67.8 cm³/mol. The molecule has 0 unspecified atom stereocenters. The highest BCUT2D eigenvalue weighted by Crippen LogP contribution is 2.15. The largest absolute Gasteiger partial charge is 0.383 e. The highest BCUT2D eigenvalue weighted by atomic mass is 16.5. The monoisotopic (exact) mass is 239 g/mol. The zero-order chi connectivity index (χ0) is 12.7. The van der Waals surface area contributed by atoms with Gasteiger partial charge in [0.2, 0.25) is 11.9 Å². The molecule has 0 bridgehead atoms. The molecule has 0 aromatic carbocycles. The van der Waals surface area contributed by atoms with E-state index in [2.05, 4.69) is 33.7 Å². The molecule has 0 saturated heterocycles. The normalized spacial score (nSPS) is 10.8. The summed E-state index contributed by atoms with van der Waals surface area (Å²) in [7, 11) is 1.69. The summed E-state index contributed by atoms with van der Waals surface area (Å²) in [6, 6.07) is 0.395. The van der Waals surface area contributed by atoms with Gasteiger partial charge in [0.25, 0.3) is 0 Å². The lowest BCUT2D eigenvalue weighted by molar-refractivity contribution is 0.202. The number of anilines is 2. The van der Waals surface area contributed by atoms with Crippen LogP contribution >= 0.6 is 0 Å². The molecule has 0 aliphatic heterocycles.